The van der Waals surface area contributed by atoms with E-state index < -0.39 is 17.6 Å². The molecule has 0 fully saturated rings. The van der Waals surface area contributed by atoms with Gasteiger partial charge in [-0.25, -0.2) is 9.97 Å². The maximum Gasteiger partial charge on any atom is 0.421 e. The number of alkyl halides is 3. The van der Waals surface area contributed by atoms with Gasteiger partial charge in [-0.1, -0.05) is 48.5 Å². The van der Waals surface area contributed by atoms with E-state index in [9.17, 15) is 13.2 Å². The standard InChI is InChI=1S/C29H18F3N3O/c30-29(31,32)24-10-6-16-34-28(24)36-21-8-5-7-19(17-21)20-13-14-23-22-9-1-2-11-25(22)35(26(23)18-20)27-12-3-4-15-33-27/h1-18H. The molecule has 0 unspecified atom stereocenters. The van der Waals surface area contributed by atoms with Gasteiger partial charge in [0, 0.05) is 23.2 Å². The number of ether oxygens (including phenoxy) is 1. The minimum absolute atomic E-state index is 0.266. The zero-order valence-corrected chi connectivity index (χ0v) is 18.8. The fraction of sp³-hybridized carbons (Fsp3) is 0.0345. The highest BCUT2D eigenvalue weighted by Crippen LogP contribution is 2.38. The van der Waals surface area contributed by atoms with E-state index in [1.54, 1.807) is 24.4 Å². The van der Waals surface area contributed by atoms with Gasteiger partial charge in [0.05, 0.1) is 11.0 Å². The van der Waals surface area contributed by atoms with Crippen LogP contribution in [0, 0.1) is 0 Å². The number of pyridine rings is 2. The molecule has 0 N–H and O–H groups in total. The lowest BCUT2D eigenvalue weighted by molar-refractivity contribution is -0.138. The highest BCUT2D eigenvalue weighted by atomic mass is 19.4. The van der Waals surface area contributed by atoms with E-state index >= 15 is 0 Å². The molecule has 36 heavy (non-hydrogen) atoms. The third kappa shape index (κ3) is 3.84. The lowest BCUT2D eigenvalue weighted by Crippen LogP contribution is -2.08. The second kappa shape index (κ2) is 8.53. The van der Waals surface area contributed by atoms with Crippen LogP contribution in [0.2, 0.25) is 0 Å². The zero-order valence-electron chi connectivity index (χ0n) is 18.8. The molecule has 0 aliphatic rings. The first kappa shape index (κ1) is 21.9. The molecule has 0 radical (unpaired) electrons. The average molecular weight is 481 g/mol. The summed E-state index contributed by atoms with van der Waals surface area (Å²) in [6.07, 6.45) is -1.53. The van der Waals surface area contributed by atoms with Gasteiger partial charge in [-0.2, -0.15) is 13.2 Å². The van der Waals surface area contributed by atoms with Crippen LogP contribution in [-0.4, -0.2) is 14.5 Å². The molecule has 0 bridgehead atoms. The summed E-state index contributed by atoms with van der Waals surface area (Å²) in [4.78, 5) is 8.36. The number of fused-ring (bicyclic) bond motifs is 3. The van der Waals surface area contributed by atoms with Crippen LogP contribution in [0.5, 0.6) is 11.6 Å². The van der Waals surface area contributed by atoms with Crippen molar-refractivity contribution in [2.75, 3.05) is 0 Å². The van der Waals surface area contributed by atoms with Crippen LogP contribution in [-0.2, 0) is 6.18 Å². The molecule has 3 aromatic heterocycles. The third-order valence-corrected chi connectivity index (χ3v) is 6.01. The molecule has 0 aliphatic heterocycles. The van der Waals surface area contributed by atoms with Crippen molar-refractivity contribution >= 4 is 21.8 Å². The Morgan fingerprint density at radius 3 is 2.25 bits per heavy atom. The summed E-state index contributed by atoms with van der Waals surface area (Å²) in [5.74, 6) is 0.586. The lowest BCUT2D eigenvalue weighted by atomic mass is 10.0. The smallest absolute Gasteiger partial charge is 0.421 e. The summed E-state index contributed by atoms with van der Waals surface area (Å²) in [6, 6.07) is 29.2. The molecule has 0 atom stereocenters. The molecule has 0 aliphatic carbocycles. The molecule has 0 saturated carbocycles. The van der Waals surface area contributed by atoms with Gasteiger partial charge in [-0.3, -0.25) is 4.57 Å². The van der Waals surface area contributed by atoms with E-state index in [-0.39, 0.29) is 5.75 Å². The van der Waals surface area contributed by atoms with E-state index in [1.807, 2.05) is 42.5 Å². The summed E-state index contributed by atoms with van der Waals surface area (Å²) in [5, 5.41) is 2.19. The number of rotatable bonds is 4. The molecule has 176 valence electrons. The van der Waals surface area contributed by atoms with Gasteiger partial charge in [0.2, 0.25) is 5.88 Å². The Kier molecular flexibility index (Phi) is 5.18. The van der Waals surface area contributed by atoms with Crippen molar-refractivity contribution in [3.63, 3.8) is 0 Å². The van der Waals surface area contributed by atoms with Crippen LogP contribution >= 0.6 is 0 Å². The third-order valence-electron chi connectivity index (χ3n) is 6.01. The Morgan fingerprint density at radius 2 is 1.42 bits per heavy atom. The predicted octanol–water partition coefficient (Wildman–Crippen LogP) is 8.05. The van der Waals surface area contributed by atoms with Gasteiger partial charge >= 0.3 is 6.18 Å². The van der Waals surface area contributed by atoms with Crippen molar-refractivity contribution in [3.05, 3.63) is 115 Å². The topological polar surface area (TPSA) is 39.9 Å². The summed E-state index contributed by atoms with van der Waals surface area (Å²) >= 11 is 0. The maximum atomic E-state index is 13.4. The molecule has 4 nitrogen and oxygen atoms in total. The molecule has 0 amide bonds. The molecule has 3 aromatic carbocycles. The van der Waals surface area contributed by atoms with Crippen LogP contribution in [0.4, 0.5) is 13.2 Å². The van der Waals surface area contributed by atoms with Gasteiger partial charge in [0.1, 0.15) is 17.1 Å². The highest BCUT2D eigenvalue weighted by molar-refractivity contribution is 6.10. The summed E-state index contributed by atoms with van der Waals surface area (Å²) in [7, 11) is 0. The summed E-state index contributed by atoms with van der Waals surface area (Å²) in [6.45, 7) is 0. The van der Waals surface area contributed by atoms with Crippen molar-refractivity contribution in [3.8, 4) is 28.6 Å². The van der Waals surface area contributed by atoms with Crippen molar-refractivity contribution in [2.45, 2.75) is 6.18 Å². The van der Waals surface area contributed by atoms with E-state index in [0.29, 0.717) is 0 Å². The first-order valence-electron chi connectivity index (χ1n) is 11.2. The van der Waals surface area contributed by atoms with Crippen molar-refractivity contribution in [2.24, 2.45) is 0 Å². The Balaban J connectivity index is 1.46. The normalized spacial score (nSPS) is 11.8. The first-order chi connectivity index (χ1) is 17.5. The monoisotopic (exact) mass is 481 g/mol. The van der Waals surface area contributed by atoms with Crippen LogP contribution in [0.25, 0.3) is 38.8 Å². The van der Waals surface area contributed by atoms with E-state index in [1.165, 1.54) is 12.3 Å². The largest absolute Gasteiger partial charge is 0.438 e. The Hall–Kier alpha value is -4.65. The van der Waals surface area contributed by atoms with E-state index in [0.717, 1.165) is 44.8 Å². The molecule has 6 aromatic rings. The minimum Gasteiger partial charge on any atom is -0.438 e. The quantitative estimate of drug-likeness (QED) is 0.256. The number of benzene rings is 3. The van der Waals surface area contributed by atoms with Crippen molar-refractivity contribution < 1.29 is 17.9 Å². The van der Waals surface area contributed by atoms with Gasteiger partial charge < -0.3 is 4.74 Å². The number of halogens is 3. The molecular formula is C29H18F3N3O. The number of hydrogen-bond acceptors (Lipinski definition) is 3. The number of aromatic nitrogens is 3. The average Bonchev–Trinajstić information content (AvgIpc) is 3.23. The van der Waals surface area contributed by atoms with Gasteiger partial charge in [-0.05, 0) is 59.7 Å². The van der Waals surface area contributed by atoms with Crippen molar-refractivity contribution in [1.29, 1.82) is 0 Å². The zero-order chi connectivity index (χ0) is 24.7. The van der Waals surface area contributed by atoms with Gasteiger partial charge in [0.15, 0.2) is 0 Å². The molecule has 6 rings (SSSR count). The number of para-hydroxylation sites is 1. The van der Waals surface area contributed by atoms with Crippen molar-refractivity contribution in [1.82, 2.24) is 14.5 Å². The summed E-state index contributed by atoms with van der Waals surface area (Å²) < 4.78 is 47.8. The molecular weight excluding hydrogens is 463 g/mol. The SMILES string of the molecule is FC(F)(F)c1cccnc1Oc1cccc(-c2ccc3c4ccccc4n(-c4ccccn4)c3c2)c1. The number of hydrogen-bond donors (Lipinski definition) is 0. The predicted molar refractivity (Wildman–Crippen MR) is 133 cm³/mol. The fourth-order valence-corrected chi connectivity index (χ4v) is 4.42. The highest BCUT2D eigenvalue weighted by Gasteiger charge is 2.35. The molecule has 0 spiro atoms. The molecule has 0 saturated heterocycles. The Morgan fingerprint density at radius 1 is 0.639 bits per heavy atom. The van der Waals surface area contributed by atoms with E-state index in [2.05, 4.69) is 38.8 Å². The Bertz CT molecular complexity index is 1710. The van der Waals surface area contributed by atoms with Gasteiger partial charge in [0.25, 0.3) is 0 Å². The molecule has 3 heterocycles. The van der Waals surface area contributed by atoms with E-state index in [4.69, 9.17) is 4.74 Å². The number of nitrogens with zero attached hydrogens (tertiary/aromatic N) is 3. The van der Waals surface area contributed by atoms with Crippen LogP contribution in [0.15, 0.2) is 109 Å². The Labute approximate surface area is 204 Å². The lowest BCUT2D eigenvalue weighted by Gasteiger charge is -2.13. The summed E-state index contributed by atoms with van der Waals surface area (Å²) in [5.41, 5.74) is 2.79. The second-order valence-corrected chi connectivity index (χ2v) is 8.26. The van der Waals surface area contributed by atoms with Crippen LogP contribution < -0.4 is 4.74 Å². The minimum atomic E-state index is -4.56. The fourth-order valence-electron chi connectivity index (χ4n) is 4.42. The van der Waals surface area contributed by atoms with Gasteiger partial charge in [-0.15, -0.1) is 0 Å². The van der Waals surface area contributed by atoms with Crippen LogP contribution in [0.1, 0.15) is 5.56 Å². The van der Waals surface area contributed by atoms with Crippen LogP contribution in [0.3, 0.4) is 0 Å². The molecule has 7 heteroatoms. The first-order valence-corrected chi connectivity index (χ1v) is 11.2. The maximum absolute atomic E-state index is 13.4. The second-order valence-electron chi connectivity index (χ2n) is 8.26.